The summed E-state index contributed by atoms with van der Waals surface area (Å²) >= 11 is 0. The molecule has 26 heavy (non-hydrogen) atoms. The molecule has 2 N–H and O–H groups in total. The van der Waals surface area contributed by atoms with E-state index in [0.29, 0.717) is 25.9 Å². The number of hydrogen-bond acceptors (Lipinski definition) is 3. The first-order valence-corrected chi connectivity index (χ1v) is 9.10. The van der Waals surface area contributed by atoms with Crippen LogP contribution in [0.4, 0.5) is 5.69 Å². The van der Waals surface area contributed by atoms with Gasteiger partial charge in [0.2, 0.25) is 11.8 Å². The predicted molar refractivity (Wildman–Crippen MR) is 98.9 cm³/mol. The number of rotatable bonds is 4. The van der Waals surface area contributed by atoms with Crippen molar-refractivity contribution in [3.63, 3.8) is 0 Å². The van der Waals surface area contributed by atoms with Gasteiger partial charge < -0.3 is 15.4 Å². The molecule has 2 aromatic rings. The summed E-state index contributed by atoms with van der Waals surface area (Å²) in [7, 11) is 0. The lowest BCUT2D eigenvalue weighted by Gasteiger charge is -2.27. The number of carbonyl (C=O) groups excluding carboxylic acids is 2. The molecule has 134 valence electrons. The molecule has 0 bridgehead atoms. The molecule has 2 heterocycles. The maximum absolute atomic E-state index is 12.4. The Balaban J connectivity index is 1.35. The molecule has 0 saturated heterocycles. The largest absolute Gasteiger partial charge is 0.493 e. The molecule has 2 aromatic carbocycles. The van der Waals surface area contributed by atoms with Gasteiger partial charge in [-0.2, -0.15) is 0 Å². The van der Waals surface area contributed by atoms with Crippen LogP contribution in [0.5, 0.6) is 5.75 Å². The van der Waals surface area contributed by atoms with E-state index >= 15 is 0 Å². The smallest absolute Gasteiger partial charge is 0.227 e. The second-order valence-corrected chi connectivity index (χ2v) is 6.88. The summed E-state index contributed by atoms with van der Waals surface area (Å²) in [5, 5.41) is 6.04. The molecule has 5 heteroatoms. The molecule has 0 spiro atoms. The standard InChI is InChI=1S/C21H22N2O3/c24-20(22-18-11-12-26-19-8-4-2-6-16(18)19)10-9-15-13-14-5-1-3-7-17(14)23-21(15)25/h1-8,15,18H,9-13H2,(H,22,24)(H,23,25). The van der Waals surface area contributed by atoms with Crippen molar-refractivity contribution in [2.24, 2.45) is 5.92 Å². The van der Waals surface area contributed by atoms with Crippen LogP contribution in [-0.4, -0.2) is 18.4 Å². The second-order valence-electron chi connectivity index (χ2n) is 6.88. The van der Waals surface area contributed by atoms with Gasteiger partial charge in [-0.25, -0.2) is 0 Å². The number of carbonyl (C=O) groups is 2. The molecule has 5 nitrogen and oxygen atoms in total. The van der Waals surface area contributed by atoms with Crippen LogP contribution >= 0.6 is 0 Å². The van der Waals surface area contributed by atoms with Gasteiger partial charge in [0.15, 0.2) is 0 Å². The van der Waals surface area contributed by atoms with Gasteiger partial charge in [-0.1, -0.05) is 36.4 Å². The van der Waals surface area contributed by atoms with Gasteiger partial charge in [-0.15, -0.1) is 0 Å². The van der Waals surface area contributed by atoms with Crippen molar-refractivity contribution in [2.45, 2.75) is 31.7 Å². The molecular formula is C21H22N2O3. The molecule has 2 aliphatic rings. The first kappa shape index (κ1) is 16.6. The molecule has 2 atom stereocenters. The molecular weight excluding hydrogens is 328 g/mol. The van der Waals surface area contributed by atoms with Gasteiger partial charge in [0, 0.05) is 30.0 Å². The van der Waals surface area contributed by atoms with Gasteiger partial charge in [-0.3, -0.25) is 9.59 Å². The Morgan fingerprint density at radius 3 is 2.88 bits per heavy atom. The number of fused-ring (bicyclic) bond motifs is 2. The molecule has 2 unspecified atom stereocenters. The number of hydrogen-bond donors (Lipinski definition) is 2. The van der Waals surface area contributed by atoms with Crippen molar-refractivity contribution in [2.75, 3.05) is 11.9 Å². The van der Waals surface area contributed by atoms with Crippen LogP contribution in [0, 0.1) is 5.92 Å². The lowest BCUT2D eigenvalue weighted by atomic mass is 9.89. The molecule has 4 rings (SSSR count). The van der Waals surface area contributed by atoms with E-state index in [0.717, 1.165) is 29.0 Å². The summed E-state index contributed by atoms with van der Waals surface area (Å²) in [5.41, 5.74) is 3.05. The normalized spacial score (nSPS) is 21.0. The Hall–Kier alpha value is -2.82. The van der Waals surface area contributed by atoms with E-state index in [4.69, 9.17) is 4.74 Å². The summed E-state index contributed by atoms with van der Waals surface area (Å²) < 4.78 is 5.63. The van der Waals surface area contributed by atoms with Crippen LogP contribution in [0.1, 0.15) is 36.4 Å². The zero-order chi connectivity index (χ0) is 17.9. The fourth-order valence-corrected chi connectivity index (χ4v) is 3.71. The minimum Gasteiger partial charge on any atom is -0.493 e. The Morgan fingerprint density at radius 2 is 1.96 bits per heavy atom. The van der Waals surface area contributed by atoms with E-state index in [1.54, 1.807) is 0 Å². The van der Waals surface area contributed by atoms with Gasteiger partial charge >= 0.3 is 0 Å². The predicted octanol–water partition coefficient (Wildman–Crippen LogP) is 3.22. The highest BCUT2D eigenvalue weighted by Gasteiger charge is 2.27. The average molecular weight is 350 g/mol. The highest BCUT2D eigenvalue weighted by molar-refractivity contribution is 5.96. The highest BCUT2D eigenvalue weighted by atomic mass is 16.5. The molecule has 2 aliphatic heterocycles. The summed E-state index contributed by atoms with van der Waals surface area (Å²) in [6, 6.07) is 15.6. The first-order chi connectivity index (χ1) is 12.7. The summed E-state index contributed by atoms with van der Waals surface area (Å²) in [6.07, 6.45) is 2.35. The van der Waals surface area contributed by atoms with E-state index in [1.807, 2.05) is 48.5 Å². The molecule has 0 radical (unpaired) electrons. The highest BCUT2D eigenvalue weighted by Crippen LogP contribution is 2.32. The van der Waals surface area contributed by atoms with Crippen LogP contribution < -0.4 is 15.4 Å². The maximum atomic E-state index is 12.4. The number of ether oxygens (including phenoxy) is 1. The van der Waals surface area contributed by atoms with Crippen LogP contribution in [0.15, 0.2) is 48.5 Å². The first-order valence-electron chi connectivity index (χ1n) is 9.10. The van der Waals surface area contributed by atoms with E-state index in [-0.39, 0.29) is 23.8 Å². The average Bonchev–Trinajstić information content (AvgIpc) is 2.66. The Bertz CT molecular complexity index is 834. The topological polar surface area (TPSA) is 67.4 Å². The number of para-hydroxylation sites is 2. The SMILES string of the molecule is O=C(CCC1Cc2ccccc2NC1=O)NC1CCOc2ccccc21. The number of amides is 2. The minimum absolute atomic E-state index is 0.00733. The van der Waals surface area contributed by atoms with Crippen LogP contribution in [0.2, 0.25) is 0 Å². The summed E-state index contributed by atoms with van der Waals surface area (Å²) in [6.45, 7) is 0.601. The number of anilines is 1. The van der Waals surface area contributed by atoms with Gasteiger partial charge in [-0.05, 0) is 30.5 Å². The number of nitrogens with one attached hydrogen (secondary N) is 2. The lowest BCUT2D eigenvalue weighted by Crippen LogP contribution is -2.34. The molecule has 0 fully saturated rings. The third-order valence-corrected chi connectivity index (χ3v) is 5.13. The Labute approximate surface area is 152 Å². The van der Waals surface area contributed by atoms with Crippen molar-refractivity contribution >= 4 is 17.5 Å². The van der Waals surface area contributed by atoms with E-state index in [2.05, 4.69) is 10.6 Å². The Kier molecular flexibility index (Phi) is 4.61. The van der Waals surface area contributed by atoms with Gasteiger partial charge in [0.25, 0.3) is 0 Å². The van der Waals surface area contributed by atoms with E-state index in [1.165, 1.54) is 0 Å². The van der Waals surface area contributed by atoms with Crippen molar-refractivity contribution < 1.29 is 14.3 Å². The van der Waals surface area contributed by atoms with Crippen molar-refractivity contribution in [1.82, 2.24) is 5.32 Å². The van der Waals surface area contributed by atoms with Crippen molar-refractivity contribution in [3.05, 3.63) is 59.7 Å². The monoisotopic (exact) mass is 350 g/mol. The summed E-state index contributed by atoms with van der Waals surface area (Å²) in [4.78, 5) is 24.7. The molecule has 0 aromatic heterocycles. The third-order valence-electron chi connectivity index (χ3n) is 5.13. The number of benzene rings is 2. The van der Waals surface area contributed by atoms with Gasteiger partial charge in [0.05, 0.1) is 12.6 Å². The van der Waals surface area contributed by atoms with Crippen LogP contribution in [-0.2, 0) is 16.0 Å². The molecule has 2 amide bonds. The second kappa shape index (κ2) is 7.20. The quantitative estimate of drug-likeness (QED) is 0.890. The van der Waals surface area contributed by atoms with Crippen LogP contribution in [0.25, 0.3) is 0 Å². The summed E-state index contributed by atoms with van der Waals surface area (Å²) in [5.74, 6) is 0.677. The fraction of sp³-hybridized carbons (Fsp3) is 0.333. The van der Waals surface area contributed by atoms with Gasteiger partial charge in [0.1, 0.15) is 5.75 Å². The fourth-order valence-electron chi connectivity index (χ4n) is 3.71. The van der Waals surface area contributed by atoms with Crippen molar-refractivity contribution in [3.8, 4) is 5.75 Å². The minimum atomic E-state index is -0.155. The van der Waals surface area contributed by atoms with Crippen LogP contribution in [0.3, 0.4) is 0 Å². The van der Waals surface area contributed by atoms with E-state index < -0.39 is 0 Å². The van der Waals surface area contributed by atoms with Crippen molar-refractivity contribution in [1.29, 1.82) is 0 Å². The third kappa shape index (κ3) is 3.43. The zero-order valence-corrected chi connectivity index (χ0v) is 14.5. The Morgan fingerprint density at radius 1 is 1.15 bits per heavy atom. The zero-order valence-electron chi connectivity index (χ0n) is 14.5. The molecule has 0 aliphatic carbocycles. The molecule has 0 saturated carbocycles. The van der Waals surface area contributed by atoms with E-state index in [9.17, 15) is 9.59 Å². The lowest BCUT2D eigenvalue weighted by molar-refractivity contribution is -0.123. The maximum Gasteiger partial charge on any atom is 0.227 e.